The van der Waals surface area contributed by atoms with E-state index in [2.05, 4.69) is 26.6 Å². The first kappa shape index (κ1) is 52.9. The van der Waals surface area contributed by atoms with Gasteiger partial charge in [0.05, 0.1) is 6.10 Å². The number of thiophene rings is 1. The van der Waals surface area contributed by atoms with Gasteiger partial charge in [-0.05, 0) is 103 Å². The summed E-state index contributed by atoms with van der Waals surface area (Å²) in [5.74, 6) is -5.34. The quantitative estimate of drug-likeness (QED) is 0.0534. The predicted octanol–water partition coefficient (Wildman–Crippen LogP) is 5.48. The van der Waals surface area contributed by atoms with Crippen molar-refractivity contribution in [2.24, 2.45) is 11.7 Å². The predicted molar refractivity (Wildman–Crippen MR) is 283 cm³/mol. The van der Waals surface area contributed by atoms with Gasteiger partial charge in [-0.1, -0.05) is 121 Å². The minimum atomic E-state index is -1.41. The fourth-order valence-corrected chi connectivity index (χ4v) is 11.3. The zero-order chi connectivity index (χ0) is 52.7. The Kier molecular flexibility index (Phi) is 16.4. The molecule has 16 nitrogen and oxygen atoms in total. The molecule has 7 unspecified atom stereocenters. The van der Waals surface area contributed by atoms with E-state index >= 15 is 9.59 Å². The van der Waals surface area contributed by atoms with E-state index in [0.29, 0.717) is 24.9 Å². The van der Waals surface area contributed by atoms with Crippen LogP contribution in [0.1, 0.15) is 67.9 Å². The Morgan fingerprint density at radius 2 is 1.24 bits per heavy atom. The minimum Gasteiger partial charge on any atom is -0.508 e. The molecule has 8 N–H and O–H groups in total. The third-order valence-electron chi connectivity index (χ3n) is 14.1. The van der Waals surface area contributed by atoms with Gasteiger partial charge in [-0.3, -0.25) is 24.0 Å². The highest BCUT2D eigenvalue weighted by Crippen LogP contribution is 2.43. The Morgan fingerprint density at radius 3 is 1.87 bits per heavy atom. The van der Waals surface area contributed by atoms with Gasteiger partial charge in [0.25, 0.3) is 0 Å². The smallest absolute Gasteiger partial charge is 0.250 e. The van der Waals surface area contributed by atoms with Crippen LogP contribution in [-0.4, -0.2) is 102 Å². The highest BCUT2D eigenvalue weighted by atomic mass is 32.1. The van der Waals surface area contributed by atoms with Gasteiger partial charge >= 0.3 is 0 Å². The summed E-state index contributed by atoms with van der Waals surface area (Å²) in [5, 5.41) is 27.8. The summed E-state index contributed by atoms with van der Waals surface area (Å²) in [4.78, 5) is 74.9. The Morgan fingerprint density at radius 1 is 0.680 bits per heavy atom. The lowest BCUT2D eigenvalue weighted by atomic mass is 9.79. The number of phenols is 1. The van der Waals surface area contributed by atoms with Gasteiger partial charge < -0.3 is 56.4 Å². The van der Waals surface area contributed by atoms with E-state index in [9.17, 15) is 19.5 Å². The standard InChI is InChI=1S/C58H64N6O10S/c1-35(72-58(38-17-7-4-8-18-38,39-19-9-5-10-20-39)40-21-11-6-12-22-40)48-54(69)60-33-43-49(71-56-50(43)73-57(2,3)74-56)55(70)63-45(31-36-26-28-41(65)29-27-36)52(67)62-46(32-37-34-75-47-25-14-13-23-42(37)47)53(68)61-44(51(66)64-48)24-15-16-30-59/h4-14,17-23,25-29,34-35,43-46,48-50,56,65H,15-16,24,30-33,59H2,1-3H3,(H,60,69)(H,61,68)(H,62,67)(H,63,70)(H,64,66)/t35?,43?,44?,45?,46-,48?,49+,50?,56?/m1/s1. The minimum absolute atomic E-state index is 0.00994. The number of fused-ring (bicyclic) bond motifs is 4. The molecule has 0 aliphatic carbocycles. The number of benzene rings is 5. The zero-order valence-corrected chi connectivity index (χ0v) is 42.9. The number of carbonyl (C=O) groups is 5. The van der Waals surface area contributed by atoms with Crippen molar-refractivity contribution < 1.29 is 48.0 Å². The fraction of sp³-hybridized carbons (Fsp3) is 0.362. The largest absolute Gasteiger partial charge is 0.508 e. The van der Waals surface area contributed by atoms with Crippen molar-refractivity contribution in [3.05, 3.63) is 173 Å². The van der Waals surface area contributed by atoms with Gasteiger partial charge in [-0.2, -0.15) is 0 Å². The number of phenolic OH excluding ortho intramolecular Hbond substituents is 1. The monoisotopic (exact) mass is 1040 g/mol. The maximum absolute atomic E-state index is 15.2. The first-order chi connectivity index (χ1) is 36.2. The molecule has 0 saturated carbocycles. The zero-order valence-electron chi connectivity index (χ0n) is 42.1. The van der Waals surface area contributed by atoms with E-state index in [1.54, 1.807) is 32.9 Å². The Bertz CT molecular complexity index is 2850. The fourth-order valence-electron chi connectivity index (χ4n) is 10.4. The average molecular weight is 1040 g/mol. The first-order valence-corrected chi connectivity index (χ1v) is 26.4. The molecule has 392 valence electrons. The van der Waals surface area contributed by atoms with Gasteiger partial charge in [0.2, 0.25) is 29.5 Å². The molecule has 5 amide bonds. The van der Waals surface area contributed by atoms with Crippen LogP contribution < -0.4 is 32.3 Å². The van der Waals surface area contributed by atoms with Crippen LogP contribution >= 0.6 is 11.3 Å². The summed E-state index contributed by atoms with van der Waals surface area (Å²) in [6, 6.07) is 37.6. The summed E-state index contributed by atoms with van der Waals surface area (Å²) in [6.07, 6.45) is -3.17. The Balaban J connectivity index is 1.13. The number of ether oxygens (including phenoxy) is 4. The van der Waals surface area contributed by atoms with Crippen LogP contribution in [0, 0.1) is 5.92 Å². The summed E-state index contributed by atoms with van der Waals surface area (Å²) >= 11 is 1.49. The lowest BCUT2D eigenvalue weighted by Crippen LogP contribution is -2.61. The lowest BCUT2D eigenvalue weighted by Gasteiger charge is -2.40. The molecule has 75 heavy (non-hydrogen) atoms. The number of nitrogens with two attached hydrogens (primary N) is 1. The van der Waals surface area contributed by atoms with E-state index in [1.165, 1.54) is 23.5 Å². The Hall–Kier alpha value is -6.99. The molecular weight excluding hydrogens is 973 g/mol. The number of hydrogen-bond acceptors (Lipinski definition) is 12. The first-order valence-electron chi connectivity index (χ1n) is 25.5. The summed E-state index contributed by atoms with van der Waals surface area (Å²) in [6.45, 7) is 5.29. The maximum Gasteiger partial charge on any atom is 0.250 e. The highest BCUT2D eigenvalue weighted by molar-refractivity contribution is 7.17. The highest BCUT2D eigenvalue weighted by Gasteiger charge is 2.57. The molecule has 0 radical (unpaired) electrons. The SMILES string of the molecule is CC(OC(c1ccccc1)(c1ccccc1)c1ccccc1)C1NC(=O)C(CCCCN)NC(=O)[C@@H](Cc2csc3ccccc23)NC(=O)C(Cc2ccc(O)cc2)NC(=O)[C@H]2OC3OC(C)(C)OC3C2CNC1=O. The molecule has 3 saturated heterocycles. The topological polar surface area (TPSA) is 229 Å². The van der Waals surface area contributed by atoms with Crippen LogP contribution in [0.2, 0.25) is 0 Å². The second-order valence-electron chi connectivity index (χ2n) is 19.8. The van der Waals surface area contributed by atoms with Crippen LogP contribution in [-0.2, 0) is 61.4 Å². The van der Waals surface area contributed by atoms with Crippen LogP contribution in [0.15, 0.2) is 145 Å². The molecule has 9 atom stereocenters. The number of nitrogens with one attached hydrogen (secondary N) is 5. The third kappa shape index (κ3) is 11.9. The van der Waals surface area contributed by atoms with Gasteiger partial charge in [-0.25, -0.2) is 0 Å². The summed E-state index contributed by atoms with van der Waals surface area (Å²) in [5.41, 5.74) is 8.30. The van der Waals surface area contributed by atoms with Crippen molar-refractivity contribution >= 4 is 51.0 Å². The molecule has 4 heterocycles. The van der Waals surface area contributed by atoms with Gasteiger partial charge in [0.1, 0.15) is 47.7 Å². The van der Waals surface area contributed by atoms with Gasteiger partial charge in [0, 0.05) is 30.0 Å². The number of amides is 5. The molecule has 1 aromatic heterocycles. The average Bonchev–Trinajstić information content (AvgIpc) is 4.08. The van der Waals surface area contributed by atoms with Crippen LogP contribution in [0.4, 0.5) is 0 Å². The third-order valence-corrected chi connectivity index (χ3v) is 15.1. The van der Waals surface area contributed by atoms with E-state index in [4.69, 9.17) is 24.7 Å². The van der Waals surface area contributed by atoms with Crippen molar-refractivity contribution in [3.63, 3.8) is 0 Å². The molecule has 0 spiro atoms. The van der Waals surface area contributed by atoms with E-state index in [-0.39, 0.29) is 31.6 Å². The molecule has 17 heteroatoms. The van der Waals surface area contributed by atoms with E-state index in [0.717, 1.165) is 32.3 Å². The summed E-state index contributed by atoms with van der Waals surface area (Å²) < 4.78 is 27.1. The number of carbonyl (C=O) groups excluding carboxylic acids is 5. The van der Waals surface area contributed by atoms with Crippen molar-refractivity contribution in [3.8, 4) is 5.75 Å². The van der Waals surface area contributed by atoms with Crippen molar-refractivity contribution in [1.82, 2.24) is 26.6 Å². The maximum atomic E-state index is 15.2. The van der Waals surface area contributed by atoms with Crippen molar-refractivity contribution in [2.45, 2.75) is 113 Å². The molecule has 6 aromatic rings. The summed E-state index contributed by atoms with van der Waals surface area (Å²) in [7, 11) is 0. The van der Waals surface area contributed by atoms with Crippen LogP contribution in [0.5, 0.6) is 5.75 Å². The number of aromatic hydroxyl groups is 1. The number of hydrogen-bond donors (Lipinski definition) is 7. The van der Waals surface area contributed by atoms with E-state index < -0.39 is 95.6 Å². The lowest BCUT2D eigenvalue weighted by molar-refractivity contribution is -0.210. The molecule has 9 rings (SSSR count). The number of rotatable bonds is 14. The molecule has 3 fully saturated rings. The molecule has 3 aliphatic heterocycles. The van der Waals surface area contributed by atoms with Crippen LogP contribution in [0.25, 0.3) is 10.1 Å². The second-order valence-corrected chi connectivity index (χ2v) is 20.7. The van der Waals surface area contributed by atoms with Crippen LogP contribution in [0.3, 0.4) is 0 Å². The molecular formula is C58H64N6O10S. The molecule has 5 aromatic carbocycles. The van der Waals surface area contributed by atoms with Gasteiger partial charge in [-0.15, -0.1) is 11.3 Å². The van der Waals surface area contributed by atoms with Crippen molar-refractivity contribution in [2.75, 3.05) is 13.1 Å². The number of unbranched alkanes of at least 4 members (excludes halogenated alkanes) is 1. The van der Waals surface area contributed by atoms with Crippen molar-refractivity contribution in [1.29, 1.82) is 0 Å². The molecule has 3 aliphatic rings. The normalized spacial score (nSPS) is 24.9. The van der Waals surface area contributed by atoms with E-state index in [1.807, 2.05) is 121 Å². The Labute approximate surface area is 440 Å². The van der Waals surface area contributed by atoms with Gasteiger partial charge in [0.15, 0.2) is 12.1 Å². The second kappa shape index (κ2) is 23.3. The molecule has 0 bridgehead atoms.